The van der Waals surface area contributed by atoms with Crippen molar-refractivity contribution in [2.75, 3.05) is 19.0 Å². The van der Waals surface area contributed by atoms with Crippen molar-refractivity contribution in [2.24, 2.45) is 0 Å². The molecule has 0 fully saturated rings. The van der Waals surface area contributed by atoms with Crippen LogP contribution in [0.1, 0.15) is 17.3 Å². The molecule has 0 aliphatic carbocycles. The molecule has 1 aromatic carbocycles. The molecular weight excluding hydrogens is 370 g/mol. The first-order chi connectivity index (χ1) is 13.0. The van der Waals surface area contributed by atoms with Gasteiger partial charge in [0.2, 0.25) is 5.91 Å². The number of benzene rings is 1. The lowest BCUT2D eigenvalue weighted by molar-refractivity contribution is -0.116. The predicted octanol–water partition coefficient (Wildman–Crippen LogP) is 2.28. The van der Waals surface area contributed by atoms with E-state index in [0.29, 0.717) is 16.3 Å². The molecule has 0 saturated heterocycles. The quantitative estimate of drug-likeness (QED) is 0.652. The van der Waals surface area contributed by atoms with Gasteiger partial charge in [-0.05, 0) is 31.2 Å². The molecule has 0 radical (unpaired) electrons. The van der Waals surface area contributed by atoms with Gasteiger partial charge >= 0.3 is 5.97 Å². The number of hydrogen-bond donors (Lipinski definition) is 1. The van der Waals surface area contributed by atoms with Gasteiger partial charge in [0.25, 0.3) is 5.56 Å². The summed E-state index contributed by atoms with van der Waals surface area (Å²) in [6.07, 6.45) is 1.30. The van der Waals surface area contributed by atoms with Crippen LogP contribution in [0.3, 0.4) is 0 Å². The van der Waals surface area contributed by atoms with Crippen LogP contribution in [0.25, 0.3) is 10.2 Å². The molecule has 140 valence electrons. The Hall–Kier alpha value is -3.20. The van der Waals surface area contributed by atoms with Crippen LogP contribution in [0.4, 0.5) is 5.69 Å². The Morgan fingerprint density at radius 1 is 1.26 bits per heavy atom. The highest BCUT2D eigenvalue weighted by molar-refractivity contribution is 7.17. The Labute approximate surface area is 158 Å². The van der Waals surface area contributed by atoms with E-state index in [0.717, 1.165) is 4.57 Å². The van der Waals surface area contributed by atoms with Crippen molar-refractivity contribution in [1.29, 1.82) is 0 Å². The number of aromatic nitrogens is 2. The number of rotatable bonds is 6. The maximum Gasteiger partial charge on any atom is 0.339 e. The Bertz CT molecular complexity index is 1040. The molecule has 0 aliphatic heterocycles. The van der Waals surface area contributed by atoms with E-state index < -0.39 is 17.4 Å². The zero-order chi connectivity index (χ0) is 19.4. The van der Waals surface area contributed by atoms with E-state index in [9.17, 15) is 14.4 Å². The van der Waals surface area contributed by atoms with Gasteiger partial charge in [0, 0.05) is 11.1 Å². The Morgan fingerprint density at radius 2 is 2.00 bits per heavy atom. The van der Waals surface area contributed by atoms with Crippen LogP contribution in [0.15, 0.2) is 40.8 Å². The van der Waals surface area contributed by atoms with Crippen molar-refractivity contribution in [1.82, 2.24) is 9.55 Å². The molecule has 0 aliphatic rings. The number of amides is 1. The highest BCUT2D eigenvalue weighted by atomic mass is 32.1. The summed E-state index contributed by atoms with van der Waals surface area (Å²) in [5.41, 5.74) is 0.277. The topological polar surface area (TPSA) is 99.5 Å². The molecule has 0 saturated carbocycles. The van der Waals surface area contributed by atoms with Crippen LogP contribution in [0.5, 0.6) is 5.75 Å². The van der Waals surface area contributed by atoms with Crippen molar-refractivity contribution in [3.05, 3.63) is 51.9 Å². The third-order valence-corrected chi connectivity index (χ3v) is 4.63. The minimum Gasteiger partial charge on any atom is -0.497 e. The van der Waals surface area contributed by atoms with Crippen molar-refractivity contribution < 1.29 is 19.1 Å². The van der Waals surface area contributed by atoms with Crippen molar-refractivity contribution >= 4 is 39.1 Å². The molecule has 1 N–H and O–H groups in total. The van der Waals surface area contributed by atoms with Gasteiger partial charge in [-0.2, -0.15) is 0 Å². The average molecular weight is 387 g/mol. The zero-order valence-electron chi connectivity index (χ0n) is 14.7. The largest absolute Gasteiger partial charge is 0.497 e. The van der Waals surface area contributed by atoms with Gasteiger partial charge in [-0.25, -0.2) is 9.78 Å². The van der Waals surface area contributed by atoms with E-state index >= 15 is 0 Å². The minimum absolute atomic E-state index is 0.165. The standard InChI is InChI=1S/C18H17N3O5S/c1-3-26-18(24)13-9-27-16-15(13)17(23)21(10-19-16)8-14(22)20-11-4-6-12(25-2)7-5-11/h4-7,9-10H,3,8H2,1-2H3,(H,20,22). The monoisotopic (exact) mass is 387 g/mol. The van der Waals surface area contributed by atoms with Gasteiger partial charge in [-0.1, -0.05) is 0 Å². The molecule has 0 unspecified atom stereocenters. The van der Waals surface area contributed by atoms with Crippen LogP contribution < -0.4 is 15.6 Å². The van der Waals surface area contributed by atoms with Gasteiger partial charge in [0.15, 0.2) is 0 Å². The summed E-state index contributed by atoms with van der Waals surface area (Å²) in [5, 5.41) is 4.40. The second kappa shape index (κ2) is 8.00. The lowest BCUT2D eigenvalue weighted by Crippen LogP contribution is -2.28. The highest BCUT2D eigenvalue weighted by Gasteiger charge is 2.19. The van der Waals surface area contributed by atoms with E-state index in [-0.39, 0.29) is 24.1 Å². The summed E-state index contributed by atoms with van der Waals surface area (Å²) >= 11 is 1.18. The Balaban J connectivity index is 1.82. The first kappa shape index (κ1) is 18.6. The molecular formula is C18H17N3O5S. The average Bonchev–Trinajstić information content (AvgIpc) is 3.10. The SMILES string of the molecule is CCOC(=O)c1csc2ncn(CC(=O)Nc3ccc(OC)cc3)c(=O)c12. The number of carbonyl (C=O) groups is 2. The maximum absolute atomic E-state index is 12.7. The van der Waals surface area contributed by atoms with Crippen molar-refractivity contribution in [3.8, 4) is 5.75 Å². The van der Waals surface area contributed by atoms with Gasteiger partial charge in [-0.3, -0.25) is 14.2 Å². The third-order valence-electron chi connectivity index (χ3n) is 3.74. The molecule has 27 heavy (non-hydrogen) atoms. The van der Waals surface area contributed by atoms with E-state index in [2.05, 4.69) is 10.3 Å². The molecule has 0 bridgehead atoms. The minimum atomic E-state index is -0.580. The number of thiophene rings is 1. The Morgan fingerprint density at radius 3 is 2.67 bits per heavy atom. The van der Waals surface area contributed by atoms with Crippen molar-refractivity contribution in [2.45, 2.75) is 13.5 Å². The van der Waals surface area contributed by atoms with Crippen molar-refractivity contribution in [3.63, 3.8) is 0 Å². The molecule has 1 amide bonds. The summed E-state index contributed by atoms with van der Waals surface area (Å²) in [5.74, 6) is -0.303. The summed E-state index contributed by atoms with van der Waals surface area (Å²) < 4.78 is 11.2. The number of carbonyl (C=O) groups excluding carboxylic acids is 2. The molecule has 0 spiro atoms. The van der Waals surface area contributed by atoms with E-state index in [1.54, 1.807) is 43.7 Å². The predicted molar refractivity (Wildman–Crippen MR) is 101 cm³/mol. The molecule has 3 rings (SSSR count). The van der Waals surface area contributed by atoms with Gasteiger partial charge in [-0.15, -0.1) is 11.3 Å². The fraction of sp³-hybridized carbons (Fsp3) is 0.222. The molecule has 8 nitrogen and oxygen atoms in total. The number of nitrogens with zero attached hydrogens (tertiary/aromatic N) is 2. The molecule has 2 aromatic heterocycles. The highest BCUT2D eigenvalue weighted by Crippen LogP contribution is 2.21. The van der Waals surface area contributed by atoms with Crippen LogP contribution >= 0.6 is 11.3 Å². The third kappa shape index (κ3) is 3.98. The lowest BCUT2D eigenvalue weighted by Gasteiger charge is -2.08. The zero-order valence-corrected chi connectivity index (χ0v) is 15.5. The number of fused-ring (bicyclic) bond motifs is 1. The number of hydrogen-bond acceptors (Lipinski definition) is 7. The van der Waals surface area contributed by atoms with Crippen LogP contribution in [-0.4, -0.2) is 35.1 Å². The van der Waals surface area contributed by atoms with E-state index in [1.807, 2.05) is 0 Å². The second-order valence-corrected chi connectivity index (χ2v) is 6.36. The second-order valence-electron chi connectivity index (χ2n) is 5.50. The lowest BCUT2D eigenvalue weighted by atomic mass is 10.2. The first-order valence-corrected chi connectivity index (χ1v) is 8.99. The summed E-state index contributed by atoms with van der Waals surface area (Å²) in [4.78, 5) is 41.6. The number of anilines is 1. The number of ether oxygens (including phenoxy) is 2. The van der Waals surface area contributed by atoms with Crippen LogP contribution in [-0.2, 0) is 16.1 Å². The van der Waals surface area contributed by atoms with E-state index in [4.69, 9.17) is 9.47 Å². The molecule has 2 heterocycles. The number of methoxy groups -OCH3 is 1. The maximum atomic E-state index is 12.7. The fourth-order valence-electron chi connectivity index (χ4n) is 2.47. The summed E-state index contributed by atoms with van der Waals surface area (Å²) in [6.45, 7) is 1.66. The molecule has 0 atom stereocenters. The molecule has 3 aromatic rings. The van der Waals surface area contributed by atoms with Crippen LogP contribution in [0, 0.1) is 0 Å². The fourth-order valence-corrected chi connectivity index (χ4v) is 3.34. The molecule has 9 heteroatoms. The van der Waals surface area contributed by atoms with Gasteiger partial charge in [0.1, 0.15) is 17.1 Å². The normalized spacial score (nSPS) is 10.6. The van der Waals surface area contributed by atoms with Gasteiger partial charge in [0.05, 0.1) is 31.0 Å². The number of nitrogens with one attached hydrogen (secondary N) is 1. The first-order valence-electron chi connectivity index (χ1n) is 8.11. The number of esters is 1. The van der Waals surface area contributed by atoms with E-state index in [1.165, 1.54) is 17.7 Å². The summed E-state index contributed by atoms with van der Waals surface area (Å²) in [7, 11) is 1.55. The Kier molecular flexibility index (Phi) is 5.51. The summed E-state index contributed by atoms with van der Waals surface area (Å²) in [6, 6.07) is 6.82. The van der Waals surface area contributed by atoms with Crippen LogP contribution in [0.2, 0.25) is 0 Å². The van der Waals surface area contributed by atoms with Gasteiger partial charge < -0.3 is 14.8 Å². The smallest absolute Gasteiger partial charge is 0.339 e.